The normalized spacial score (nSPS) is 16.7. The number of hydrazine groups is 1. The Kier molecular flexibility index (Phi) is 5.01. The summed E-state index contributed by atoms with van der Waals surface area (Å²) in [5.41, 5.74) is 7.97. The van der Waals surface area contributed by atoms with Crippen LogP contribution in [0.4, 0.5) is 10.5 Å². The number of aromatic hydroxyl groups is 1. The van der Waals surface area contributed by atoms with Crippen molar-refractivity contribution in [1.29, 1.82) is 0 Å². The lowest BCUT2D eigenvalue weighted by molar-refractivity contribution is 0.244. The lowest BCUT2D eigenvalue weighted by atomic mass is 9.96. The lowest BCUT2D eigenvalue weighted by Gasteiger charge is -2.19. The minimum Gasteiger partial charge on any atom is -0.506 e. The molecule has 3 aromatic rings. The molecule has 8 nitrogen and oxygen atoms in total. The van der Waals surface area contributed by atoms with Crippen LogP contribution >= 0.6 is 0 Å². The lowest BCUT2D eigenvalue weighted by Crippen LogP contribution is -2.36. The molecular formula is C22H23N5O3. The Morgan fingerprint density at radius 1 is 1.10 bits per heavy atom. The molecule has 0 radical (unpaired) electrons. The van der Waals surface area contributed by atoms with Gasteiger partial charge >= 0.3 is 6.03 Å². The number of nitrogens with zero attached hydrogens (tertiary/aromatic N) is 3. The number of fused-ring (bicyclic) bond motifs is 1. The van der Waals surface area contributed by atoms with E-state index in [1.165, 1.54) is 4.57 Å². The van der Waals surface area contributed by atoms with Crippen LogP contribution in [0.15, 0.2) is 58.3 Å². The molecular weight excluding hydrogens is 382 g/mol. The topological polar surface area (TPSA) is 99.0 Å². The largest absolute Gasteiger partial charge is 0.506 e. The quantitative estimate of drug-likeness (QED) is 0.622. The number of benzene rings is 2. The molecule has 2 amide bonds. The maximum Gasteiger partial charge on any atom is 0.355 e. The van der Waals surface area contributed by atoms with Crippen LogP contribution in [-0.2, 0) is 7.05 Å². The molecule has 0 fully saturated rings. The van der Waals surface area contributed by atoms with Crippen LogP contribution in [0.3, 0.4) is 0 Å². The summed E-state index contributed by atoms with van der Waals surface area (Å²) in [5.74, 6) is -0.163. The zero-order valence-electron chi connectivity index (χ0n) is 17.0. The number of hydrogen-bond donors (Lipinski definition) is 3. The van der Waals surface area contributed by atoms with Crippen molar-refractivity contribution in [2.24, 2.45) is 12.0 Å². The minimum atomic E-state index is -0.618. The van der Waals surface area contributed by atoms with E-state index >= 15 is 0 Å². The van der Waals surface area contributed by atoms with E-state index in [0.29, 0.717) is 10.9 Å². The molecule has 0 spiro atoms. The van der Waals surface area contributed by atoms with Crippen LogP contribution < -0.4 is 21.3 Å². The van der Waals surface area contributed by atoms with Gasteiger partial charge in [-0.05, 0) is 29.8 Å². The Bertz CT molecular complexity index is 1210. The number of amides is 2. The number of para-hydroxylation sites is 1. The van der Waals surface area contributed by atoms with E-state index in [4.69, 9.17) is 0 Å². The number of aryl methyl sites for hydroxylation is 1. The fraction of sp³-hybridized carbons (Fsp3) is 0.227. The highest BCUT2D eigenvalue weighted by Gasteiger charge is 2.26. The summed E-state index contributed by atoms with van der Waals surface area (Å²) in [4.78, 5) is 31.3. The second-order valence-electron chi connectivity index (χ2n) is 7.48. The Balaban J connectivity index is 1.80. The number of nitrogens with one attached hydrogen (secondary N) is 2. The molecule has 3 N–H and O–H groups in total. The molecule has 1 aromatic heterocycles. The number of aromatic nitrogens is 1. The SMILES string of the molecule is CN(C)c1ccc([C@@H]2CC(c3c(O)c4ccccc4n(C)c3=O)=NC(=O)NN2)cc1. The van der Waals surface area contributed by atoms with Crippen molar-refractivity contribution in [2.75, 3.05) is 19.0 Å². The fourth-order valence-electron chi connectivity index (χ4n) is 3.69. The average Bonchev–Trinajstić information content (AvgIpc) is 2.94. The Morgan fingerprint density at radius 2 is 1.80 bits per heavy atom. The van der Waals surface area contributed by atoms with Crippen LogP contribution in [0.5, 0.6) is 5.75 Å². The molecule has 0 aliphatic carbocycles. The van der Waals surface area contributed by atoms with Crippen LogP contribution in [0.1, 0.15) is 23.6 Å². The number of rotatable bonds is 3. The summed E-state index contributed by atoms with van der Waals surface area (Å²) in [7, 11) is 5.56. The van der Waals surface area contributed by atoms with Gasteiger partial charge in [-0.2, -0.15) is 4.99 Å². The molecule has 2 aromatic carbocycles. The van der Waals surface area contributed by atoms with E-state index < -0.39 is 11.6 Å². The summed E-state index contributed by atoms with van der Waals surface area (Å²) in [6, 6.07) is 14.0. The molecule has 4 rings (SSSR count). The summed E-state index contributed by atoms with van der Waals surface area (Å²) in [5, 5.41) is 11.4. The third-order valence-electron chi connectivity index (χ3n) is 5.36. The smallest absolute Gasteiger partial charge is 0.355 e. The molecule has 1 atom stereocenters. The molecule has 1 aliphatic rings. The molecule has 30 heavy (non-hydrogen) atoms. The van der Waals surface area contributed by atoms with Crippen LogP contribution in [0.25, 0.3) is 10.9 Å². The highest BCUT2D eigenvalue weighted by molar-refractivity contribution is 6.11. The van der Waals surface area contributed by atoms with Crippen molar-refractivity contribution in [1.82, 2.24) is 15.4 Å². The van der Waals surface area contributed by atoms with Gasteiger partial charge in [0, 0.05) is 38.6 Å². The van der Waals surface area contributed by atoms with E-state index in [0.717, 1.165) is 11.3 Å². The van der Waals surface area contributed by atoms with E-state index in [1.54, 1.807) is 31.3 Å². The number of aliphatic imine (C=N–C) groups is 1. The Hall–Kier alpha value is -3.65. The number of hydrogen-bond acceptors (Lipinski definition) is 5. The van der Waals surface area contributed by atoms with Crippen molar-refractivity contribution in [3.8, 4) is 5.75 Å². The molecule has 8 heteroatoms. The third kappa shape index (κ3) is 3.42. The van der Waals surface area contributed by atoms with Gasteiger partial charge in [0.2, 0.25) is 0 Å². The maximum atomic E-state index is 13.0. The summed E-state index contributed by atoms with van der Waals surface area (Å²) >= 11 is 0. The summed E-state index contributed by atoms with van der Waals surface area (Å²) < 4.78 is 1.46. The van der Waals surface area contributed by atoms with Gasteiger partial charge in [-0.25, -0.2) is 10.2 Å². The molecule has 154 valence electrons. The van der Waals surface area contributed by atoms with Gasteiger partial charge in [-0.1, -0.05) is 24.3 Å². The Morgan fingerprint density at radius 3 is 2.50 bits per heavy atom. The van der Waals surface area contributed by atoms with Gasteiger partial charge in [0.15, 0.2) is 0 Å². The minimum absolute atomic E-state index is 0.0463. The first kappa shape index (κ1) is 19.7. The predicted octanol–water partition coefficient (Wildman–Crippen LogP) is 2.46. The van der Waals surface area contributed by atoms with E-state index in [2.05, 4.69) is 15.8 Å². The highest BCUT2D eigenvalue weighted by atomic mass is 16.3. The fourth-order valence-corrected chi connectivity index (χ4v) is 3.69. The second kappa shape index (κ2) is 7.64. The first-order chi connectivity index (χ1) is 14.4. The molecule has 0 bridgehead atoms. The number of carbonyl (C=O) groups is 1. The maximum absolute atomic E-state index is 13.0. The second-order valence-corrected chi connectivity index (χ2v) is 7.48. The van der Waals surface area contributed by atoms with Crippen molar-refractivity contribution in [3.63, 3.8) is 0 Å². The highest BCUT2D eigenvalue weighted by Crippen LogP contribution is 2.30. The van der Waals surface area contributed by atoms with Gasteiger partial charge in [0.1, 0.15) is 11.3 Å². The first-order valence-corrected chi connectivity index (χ1v) is 9.58. The van der Waals surface area contributed by atoms with E-state index in [9.17, 15) is 14.7 Å². The van der Waals surface area contributed by atoms with E-state index in [-0.39, 0.29) is 29.5 Å². The number of anilines is 1. The molecule has 0 saturated heterocycles. The molecule has 2 heterocycles. The van der Waals surface area contributed by atoms with Gasteiger partial charge in [-0.15, -0.1) is 0 Å². The standard InChI is InChI=1S/C22H23N5O3/c1-26(2)14-10-8-13(9-11-14)16-12-17(23-22(30)25-24-16)19-20(28)15-6-4-5-7-18(15)27(3)21(19)29/h4-11,16,24,28H,12H2,1-3H3,(H,25,30)/t16-/m0/s1. The first-order valence-electron chi connectivity index (χ1n) is 9.58. The van der Waals surface area contributed by atoms with Crippen molar-refractivity contribution in [3.05, 3.63) is 70.0 Å². The monoisotopic (exact) mass is 405 g/mol. The zero-order valence-corrected chi connectivity index (χ0v) is 17.0. The van der Waals surface area contributed by atoms with Crippen molar-refractivity contribution >= 4 is 28.3 Å². The number of pyridine rings is 1. The molecule has 0 unspecified atom stereocenters. The van der Waals surface area contributed by atoms with Crippen molar-refractivity contribution in [2.45, 2.75) is 12.5 Å². The third-order valence-corrected chi connectivity index (χ3v) is 5.36. The zero-order chi connectivity index (χ0) is 21.4. The number of urea groups is 1. The van der Waals surface area contributed by atoms with Gasteiger partial charge in [0.25, 0.3) is 5.56 Å². The number of carbonyl (C=O) groups excluding carboxylic acids is 1. The summed E-state index contributed by atoms with van der Waals surface area (Å²) in [6.07, 6.45) is 0.251. The van der Waals surface area contributed by atoms with Crippen LogP contribution in [0, 0.1) is 0 Å². The van der Waals surface area contributed by atoms with Gasteiger partial charge in [0.05, 0.1) is 17.3 Å². The Labute approximate surface area is 173 Å². The van der Waals surface area contributed by atoms with Crippen LogP contribution in [-0.4, -0.2) is 35.5 Å². The average molecular weight is 405 g/mol. The van der Waals surface area contributed by atoms with Gasteiger partial charge < -0.3 is 14.6 Å². The van der Waals surface area contributed by atoms with E-state index in [1.807, 2.05) is 43.3 Å². The van der Waals surface area contributed by atoms with Crippen LogP contribution in [0.2, 0.25) is 0 Å². The summed E-state index contributed by atoms with van der Waals surface area (Å²) in [6.45, 7) is 0. The molecule has 0 saturated carbocycles. The van der Waals surface area contributed by atoms with Crippen molar-refractivity contribution < 1.29 is 9.90 Å². The molecule has 1 aliphatic heterocycles. The predicted molar refractivity (Wildman–Crippen MR) is 117 cm³/mol. The van der Waals surface area contributed by atoms with Gasteiger partial charge in [-0.3, -0.25) is 10.2 Å².